The van der Waals surface area contributed by atoms with E-state index in [-0.39, 0.29) is 29.7 Å². The Bertz CT molecular complexity index is 2780. The smallest absolute Gasteiger partial charge is 0.328 e. The molecular formula is C50H54N5O9PSi. The lowest BCUT2D eigenvalue weighted by Crippen LogP contribution is -2.56. The van der Waals surface area contributed by atoms with Crippen molar-refractivity contribution in [2.45, 2.75) is 62.8 Å². The molecule has 1 saturated heterocycles. The number of nitrogens with one attached hydrogen (secondary N) is 1. The number of H-pyrrole nitrogens is 1. The van der Waals surface area contributed by atoms with Gasteiger partial charge in [0, 0.05) is 12.6 Å². The fourth-order valence-corrected chi connectivity index (χ4v) is 15.5. The van der Waals surface area contributed by atoms with E-state index in [1.54, 1.807) is 32.6 Å². The molecule has 1 fully saturated rings. The van der Waals surface area contributed by atoms with Crippen molar-refractivity contribution >= 4 is 49.1 Å². The number of anilines is 1. The SMILES string of the molecule is COc1ccc(C(c2ccccc2)(c2ccc(OC)cc2)C(OC(=O)C(C)C)[C@H]2O[C@@H](n3cnc4c(=O)[nH]c(N)nc43)C[C@@H]2OP(=O)(O)CC[Si](C)(c2ccccc2)c2ccccc2)cc1. The number of nitrogen functional groups attached to an aromatic ring is 1. The average molecular weight is 928 g/mol. The van der Waals surface area contributed by atoms with Gasteiger partial charge in [-0.2, -0.15) is 4.98 Å². The van der Waals surface area contributed by atoms with Crippen LogP contribution < -0.4 is 31.1 Å². The summed E-state index contributed by atoms with van der Waals surface area (Å²) in [6, 6.07) is 45.1. The third-order valence-electron chi connectivity index (χ3n) is 12.7. The molecular weight excluding hydrogens is 874 g/mol. The first-order valence-corrected chi connectivity index (χ1v) is 26.3. The molecule has 66 heavy (non-hydrogen) atoms. The summed E-state index contributed by atoms with van der Waals surface area (Å²) in [6.45, 7) is 5.67. The third kappa shape index (κ3) is 9.09. The number of rotatable bonds is 17. The average Bonchev–Trinajstić information content (AvgIpc) is 3.95. The standard InChI is InChI=1S/C50H54N5O9PSi/c1-33(2)48(57)63-45(50(34-15-9-6-10-16-34,35-21-25-37(60-3)26-22-35)36-23-27-38(61-4)28-24-36)44-41(31-42(62-44)55-32-52-43-46(55)53-49(51)54-47(43)56)64-65(58,59)29-30-66(5,39-17-11-7-12-18-39)40-19-13-8-14-20-40/h6-28,32-33,41-42,44-45H,29-31H2,1-5H3,(H,58,59)(H3,51,53,54,56)/t41-,42+,44-,45?/m0/s1. The highest BCUT2D eigenvalue weighted by molar-refractivity contribution is 7.53. The van der Waals surface area contributed by atoms with Crippen LogP contribution in [-0.2, 0) is 28.8 Å². The molecule has 0 saturated carbocycles. The van der Waals surface area contributed by atoms with Gasteiger partial charge in [-0.1, -0.05) is 146 Å². The van der Waals surface area contributed by atoms with Crippen molar-refractivity contribution in [3.63, 3.8) is 0 Å². The maximum absolute atomic E-state index is 14.9. The molecule has 342 valence electrons. The van der Waals surface area contributed by atoms with Gasteiger partial charge in [0.05, 0.1) is 31.9 Å². The van der Waals surface area contributed by atoms with Crippen LogP contribution in [0.25, 0.3) is 11.2 Å². The fourth-order valence-electron chi connectivity index (χ4n) is 9.12. The number of aromatic nitrogens is 4. The number of aromatic amines is 1. The summed E-state index contributed by atoms with van der Waals surface area (Å²) in [7, 11) is -3.95. The fraction of sp³-hybridized carbons (Fsp3) is 0.280. The first-order valence-electron chi connectivity index (χ1n) is 21.8. The van der Waals surface area contributed by atoms with E-state index < -0.39 is 63.1 Å². The van der Waals surface area contributed by atoms with Crippen molar-refractivity contribution in [1.29, 1.82) is 0 Å². The van der Waals surface area contributed by atoms with Gasteiger partial charge in [0.2, 0.25) is 5.95 Å². The molecule has 1 aliphatic rings. The first-order chi connectivity index (χ1) is 31.8. The van der Waals surface area contributed by atoms with E-state index in [0.29, 0.717) is 28.7 Å². The van der Waals surface area contributed by atoms with Gasteiger partial charge in [0.15, 0.2) is 11.2 Å². The molecule has 3 heterocycles. The van der Waals surface area contributed by atoms with Crippen molar-refractivity contribution in [1.82, 2.24) is 19.5 Å². The van der Waals surface area contributed by atoms with Crippen LogP contribution in [0.3, 0.4) is 0 Å². The van der Waals surface area contributed by atoms with Crippen molar-refractivity contribution in [3.05, 3.63) is 173 Å². The number of benzene rings is 5. The Labute approximate surface area is 384 Å². The van der Waals surface area contributed by atoms with Gasteiger partial charge in [-0.15, -0.1) is 0 Å². The highest BCUT2D eigenvalue weighted by Gasteiger charge is 2.57. The van der Waals surface area contributed by atoms with E-state index in [1.807, 2.05) is 115 Å². The lowest BCUT2D eigenvalue weighted by Gasteiger charge is -2.45. The molecule has 1 aliphatic heterocycles. The molecule has 7 aromatic rings. The second-order valence-electron chi connectivity index (χ2n) is 17.0. The lowest BCUT2D eigenvalue weighted by molar-refractivity contribution is -0.170. The lowest BCUT2D eigenvalue weighted by atomic mass is 9.64. The Morgan fingerprint density at radius 2 is 1.38 bits per heavy atom. The van der Waals surface area contributed by atoms with Crippen molar-refractivity contribution in [2.75, 3.05) is 26.1 Å². The molecule has 0 radical (unpaired) electrons. The minimum Gasteiger partial charge on any atom is -0.497 e. The minimum atomic E-state index is -4.50. The second kappa shape index (κ2) is 19.2. The minimum absolute atomic E-state index is 0.0190. The predicted molar refractivity (Wildman–Crippen MR) is 256 cm³/mol. The number of ether oxygens (including phenoxy) is 4. The van der Waals surface area contributed by atoms with Crippen LogP contribution in [0.2, 0.25) is 12.6 Å². The summed E-state index contributed by atoms with van der Waals surface area (Å²) < 4.78 is 48.2. The number of carbonyl (C=O) groups excluding carboxylic acids is 1. The van der Waals surface area contributed by atoms with Gasteiger partial charge in [0.25, 0.3) is 5.56 Å². The zero-order valence-electron chi connectivity index (χ0n) is 37.4. The van der Waals surface area contributed by atoms with Crippen LogP contribution in [-0.4, -0.2) is 77.1 Å². The van der Waals surface area contributed by atoms with Crippen LogP contribution in [0, 0.1) is 5.92 Å². The molecule has 4 N–H and O–H groups in total. The zero-order valence-corrected chi connectivity index (χ0v) is 39.3. The van der Waals surface area contributed by atoms with Gasteiger partial charge in [-0.25, -0.2) is 4.98 Å². The zero-order chi connectivity index (χ0) is 46.6. The number of fused-ring (bicyclic) bond motifs is 1. The van der Waals surface area contributed by atoms with Gasteiger partial charge in [-0.05, 0) is 47.0 Å². The number of hydrogen-bond acceptors (Lipinski definition) is 11. The largest absolute Gasteiger partial charge is 0.497 e. The van der Waals surface area contributed by atoms with Crippen LogP contribution in [0.1, 0.15) is 43.2 Å². The third-order valence-corrected chi connectivity index (χ3v) is 18.9. The highest BCUT2D eigenvalue weighted by Crippen LogP contribution is 2.53. The summed E-state index contributed by atoms with van der Waals surface area (Å²) in [5, 5.41) is 2.22. The van der Waals surface area contributed by atoms with Crippen molar-refractivity contribution in [2.24, 2.45) is 5.92 Å². The summed E-state index contributed by atoms with van der Waals surface area (Å²) >= 11 is 0. The molecule has 0 aliphatic carbocycles. The molecule has 0 amide bonds. The molecule has 5 aromatic carbocycles. The molecule has 8 rings (SSSR count). The maximum atomic E-state index is 14.9. The molecule has 2 unspecified atom stereocenters. The Morgan fingerprint density at radius 1 is 0.864 bits per heavy atom. The molecule has 5 atom stereocenters. The van der Waals surface area contributed by atoms with Crippen LogP contribution >= 0.6 is 7.60 Å². The quantitative estimate of drug-likeness (QED) is 0.0365. The topological polar surface area (TPSA) is 190 Å². The molecule has 14 nitrogen and oxygen atoms in total. The number of imidazole rings is 1. The summed E-state index contributed by atoms with van der Waals surface area (Å²) in [5.74, 6) is -0.0707. The normalized spacial score (nSPS) is 17.9. The van der Waals surface area contributed by atoms with E-state index in [9.17, 15) is 19.0 Å². The Morgan fingerprint density at radius 3 is 1.89 bits per heavy atom. The number of hydrogen-bond donors (Lipinski definition) is 3. The van der Waals surface area contributed by atoms with Gasteiger partial charge in [-0.3, -0.25) is 23.7 Å². The monoisotopic (exact) mass is 927 g/mol. The molecule has 2 aromatic heterocycles. The van der Waals surface area contributed by atoms with Gasteiger partial charge in [0.1, 0.15) is 44.1 Å². The van der Waals surface area contributed by atoms with Crippen LogP contribution in [0.5, 0.6) is 11.5 Å². The molecule has 0 bridgehead atoms. The van der Waals surface area contributed by atoms with Gasteiger partial charge >= 0.3 is 13.6 Å². The molecule has 16 heteroatoms. The predicted octanol–water partition coefficient (Wildman–Crippen LogP) is 7.07. The first kappa shape index (κ1) is 46.2. The number of nitrogens with two attached hydrogens (primary N) is 1. The van der Waals surface area contributed by atoms with E-state index in [0.717, 1.165) is 15.9 Å². The highest BCUT2D eigenvalue weighted by atomic mass is 31.2. The number of esters is 1. The Hall–Kier alpha value is -6.35. The van der Waals surface area contributed by atoms with E-state index in [4.69, 9.17) is 29.2 Å². The van der Waals surface area contributed by atoms with Crippen LogP contribution in [0.15, 0.2) is 151 Å². The number of carbonyl (C=O) groups is 1. The van der Waals surface area contributed by atoms with E-state index in [2.05, 4.69) is 45.8 Å². The Kier molecular flexibility index (Phi) is 13.5. The van der Waals surface area contributed by atoms with E-state index in [1.165, 1.54) is 6.33 Å². The maximum Gasteiger partial charge on any atom is 0.328 e. The second-order valence-corrected chi connectivity index (χ2v) is 23.3. The Balaban J connectivity index is 1.31. The summed E-state index contributed by atoms with van der Waals surface area (Å²) in [5.41, 5.74) is 6.39. The summed E-state index contributed by atoms with van der Waals surface area (Å²) in [6.07, 6.45) is -3.50. The van der Waals surface area contributed by atoms with Crippen molar-refractivity contribution in [3.8, 4) is 11.5 Å². The number of nitrogens with zero attached hydrogens (tertiary/aromatic N) is 3. The van der Waals surface area contributed by atoms with E-state index >= 15 is 0 Å². The number of methoxy groups -OCH3 is 2. The molecule has 0 spiro atoms. The van der Waals surface area contributed by atoms with Crippen molar-refractivity contribution < 1.29 is 37.7 Å². The van der Waals surface area contributed by atoms with Gasteiger partial charge < -0.3 is 34.1 Å². The summed E-state index contributed by atoms with van der Waals surface area (Å²) in [4.78, 5) is 50.8. The van der Waals surface area contributed by atoms with Crippen LogP contribution in [0.4, 0.5) is 5.95 Å².